The summed E-state index contributed by atoms with van der Waals surface area (Å²) in [7, 11) is 0. The van der Waals surface area contributed by atoms with Gasteiger partial charge in [0, 0.05) is 18.2 Å². The second-order valence-corrected chi connectivity index (χ2v) is 6.74. The van der Waals surface area contributed by atoms with Crippen LogP contribution < -0.4 is 0 Å². The van der Waals surface area contributed by atoms with Crippen molar-refractivity contribution in [2.75, 3.05) is 13.2 Å². The summed E-state index contributed by atoms with van der Waals surface area (Å²) in [5.74, 6) is 0. The van der Waals surface area contributed by atoms with Crippen LogP contribution in [0.3, 0.4) is 0 Å². The summed E-state index contributed by atoms with van der Waals surface area (Å²) in [5, 5.41) is 0. The van der Waals surface area contributed by atoms with Crippen LogP contribution in [0.1, 0.15) is 29.5 Å². The van der Waals surface area contributed by atoms with Gasteiger partial charge < -0.3 is 4.74 Å². The van der Waals surface area contributed by atoms with Crippen molar-refractivity contribution in [3.8, 4) is 0 Å². The molecule has 0 spiro atoms. The molecule has 0 amide bonds. The molecule has 2 atom stereocenters. The number of nitrogens with zero attached hydrogens (tertiary/aromatic N) is 1. The molecule has 2 aliphatic heterocycles. The van der Waals surface area contributed by atoms with Crippen molar-refractivity contribution in [1.82, 2.24) is 4.90 Å². The van der Waals surface area contributed by atoms with Gasteiger partial charge in [0.25, 0.3) is 6.43 Å². The second kappa shape index (κ2) is 7.06. The standard InChI is InChI=1S/C21H21F2NO/c22-21(23)17-8-6-16(7-9-17)18-10-19-13-25-14-20(11-18)24(19)12-15-4-2-1-3-5-15/h1-10,19-21H,11-14H2. The van der Waals surface area contributed by atoms with Crippen LogP contribution in [-0.2, 0) is 11.3 Å². The highest BCUT2D eigenvalue weighted by atomic mass is 19.3. The molecule has 1 fully saturated rings. The van der Waals surface area contributed by atoms with Crippen LogP contribution in [0.25, 0.3) is 5.57 Å². The average molecular weight is 341 g/mol. The Morgan fingerprint density at radius 3 is 2.44 bits per heavy atom. The van der Waals surface area contributed by atoms with Crippen molar-refractivity contribution in [3.05, 3.63) is 77.4 Å². The number of rotatable bonds is 4. The fourth-order valence-corrected chi connectivity index (χ4v) is 3.76. The molecule has 0 N–H and O–H groups in total. The monoisotopic (exact) mass is 341 g/mol. The molecule has 4 heteroatoms. The molecule has 2 nitrogen and oxygen atoms in total. The van der Waals surface area contributed by atoms with Gasteiger partial charge in [0.1, 0.15) is 0 Å². The van der Waals surface area contributed by atoms with E-state index in [1.807, 2.05) is 18.2 Å². The van der Waals surface area contributed by atoms with Crippen LogP contribution in [0.4, 0.5) is 8.78 Å². The maximum atomic E-state index is 12.7. The number of benzene rings is 2. The maximum absolute atomic E-state index is 12.7. The van der Waals surface area contributed by atoms with Crippen molar-refractivity contribution in [1.29, 1.82) is 0 Å². The zero-order chi connectivity index (χ0) is 17.2. The highest BCUT2D eigenvalue weighted by Gasteiger charge is 2.34. The minimum Gasteiger partial charge on any atom is -0.378 e. The van der Waals surface area contributed by atoms with E-state index in [0.717, 1.165) is 25.1 Å². The van der Waals surface area contributed by atoms with Gasteiger partial charge in [0.15, 0.2) is 0 Å². The van der Waals surface area contributed by atoms with Crippen LogP contribution >= 0.6 is 0 Å². The first-order chi connectivity index (χ1) is 12.2. The molecule has 0 saturated carbocycles. The highest BCUT2D eigenvalue weighted by Crippen LogP contribution is 2.34. The predicted molar refractivity (Wildman–Crippen MR) is 94.4 cm³/mol. The first-order valence-electron chi connectivity index (χ1n) is 8.67. The Morgan fingerprint density at radius 2 is 1.76 bits per heavy atom. The fraction of sp³-hybridized carbons (Fsp3) is 0.333. The second-order valence-electron chi connectivity index (χ2n) is 6.74. The third kappa shape index (κ3) is 3.51. The minimum atomic E-state index is -2.41. The molecule has 0 aromatic heterocycles. The van der Waals surface area contributed by atoms with Gasteiger partial charge in [-0.05, 0) is 23.1 Å². The summed E-state index contributed by atoms with van der Waals surface area (Å²) in [6.07, 6.45) is 0.719. The number of halogens is 2. The van der Waals surface area contributed by atoms with Crippen molar-refractivity contribution in [2.24, 2.45) is 0 Å². The molecule has 2 unspecified atom stereocenters. The van der Waals surface area contributed by atoms with Crippen molar-refractivity contribution in [2.45, 2.75) is 31.5 Å². The average Bonchev–Trinajstić information content (AvgIpc) is 2.62. The van der Waals surface area contributed by atoms with Gasteiger partial charge in [-0.3, -0.25) is 4.90 Å². The zero-order valence-electron chi connectivity index (χ0n) is 13.9. The summed E-state index contributed by atoms with van der Waals surface area (Å²) in [4.78, 5) is 2.50. The van der Waals surface area contributed by atoms with Gasteiger partial charge in [0.05, 0.1) is 19.3 Å². The lowest BCUT2D eigenvalue weighted by molar-refractivity contribution is -0.0402. The molecular formula is C21H21F2NO. The Kier molecular flexibility index (Phi) is 4.64. The SMILES string of the molecule is FC(F)c1ccc(C2=CC3COCC(C2)N3Cc2ccccc2)cc1. The Labute approximate surface area is 146 Å². The molecule has 0 radical (unpaired) electrons. The lowest BCUT2D eigenvalue weighted by Crippen LogP contribution is -2.53. The van der Waals surface area contributed by atoms with Crippen LogP contribution in [0, 0.1) is 0 Å². The topological polar surface area (TPSA) is 12.5 Å². The van der Waals surface area contributed by atoms with Crippen LogP contribution in [-0.4, -0.2) is 30.2 Å². The number of fused-ring (bicyclic) bond motifs is 2. The summed E-state index contributed by atoms with van der Waals surface area (Å²) >= 11 is 0. The molecule has 1 saturated heterocycles. The molecule has 130 valence electrons. The minimum absolute atomic E-state index is 0.0781. The Morgan fingerprint density at radius 1 is 1.00 bits per heavy atom. The highest BCUT2D eigenvalue weighted by molar-refractivity contribution is 5.68. The van der Waals surface area contributed by atoms with E-state index in [1.54, 1.807) is 0 Å². The first-order valence-corrected chi connectivity index (χ1v) is 8.67. The van der Waals surface area contributed by atoms with Crippen LogP contribution in [0.2, 0.25) is 0 Å². The zero-order valence-corrected chi connectivity index (χ0v) is 13.9. The van der Waals surface area contributed by atoms with E-state index in [0.29, 0.717) is 12.6 Å². The number of hydrogen-bond acceptors (Lipinski definition) is 2. The molecule has 2 aromatic carbocycles. The molecule has 0 aliphatic carbocycles. The lowest BCUT2D eigenvalue weighted by Gasteiger charge is -2.44. The van der Waals surface area contributed by atoms with E-state index in [1.165, 1.54) is 23.3 Å². The summed E-state index contributed by atoms with van der Waals surface area (Å²) in [5.41, 5.74) is 3.66. The molecule has 2 aliphatic rings. The molecular weight excluding hydrogens is 320 g/mol. The van der Waals surface area contributed by atoms with Gasteiger partial charge in [0.2, 0.25) is 0 Å². The van der Waals surface area contributed by atoms with E-state index in [-0.39, 0.29) is 11.6 Å². The molecule has 2 heterocycles. The summed E-state index contributed by atoms with van der Waals surface area (Å²) < 4.78 is 31.3. The van der Waals surface area contributed by atoms with Gasteiger partial charge >= 0.3 is 0 Å². The number of ether oxygens (including phenoxy) is 1. The van der Waals surface area contributed by atoms with Gasteiger partial charge in [-0.1, -0.05) is 60.7 Å². The van der Waals surface area contributed by atoms with Crippen LogP contribution in [0.15, 0.2) is 60.7 Å². The van der Waals surface area contributed by atoms with E-state index in [2.05, 4.69) is 35.2 Å². The van der Waals surface area contributed by atoms with Crippen molar-refractivity contribution >= 4 is 5.57 Å². The quantitative estimate of drug-likeness (QED) is 0.800. The van der Waals surface area contributed by atoms with Crippen LogP contribution in [0.5, 0.6) is 0 Å². The largest absolute Gasteiger partial charge is 0.378 e. The number of alkyl halides is 2. The number of hydrogen-bond donors (Lipinski definition) is 0. The van der Waals surface area contributed by atoms with E-state index in [4.69, 9.17) is 4.74 Å². The normalized spacial score (nSPS) is 23.6. The van der Waals surface area contributed by atoms with E-state index >= 15 is 0 Å². The Balaban J connectivity index is 1.56. The Hall–Kier alpha value is -2.04. The molecule has 4 rings (SSSR count). The fourth-order valence-electron chi connectivity index (χ4n) is 3.76. The third-order valence-corrected chi connectivity index (χ3v) is 5.08. The summed E-state index contributed by atoms with van der Waals surface area (Å²) in [6.45, 7) is 2.31. The first kappa shape index (κ1) is 16.4. The van der Waals surface area contributed by atoms with Gasteiger partial charge in [-0.15, -0.1) is 0 Å². The van der Waals surface area contributed by atoms with Gasteiger partial charge in [-0.2, -0.15) is 0 Å². The molecule has 25 heavy (non-hydrogen) atoms. The van der Waals surface area contributed by atoms with Gasteiger partial charge in [-0.25, -0.2) is 8.78 Å². The van der Waals surface area contributed by atoms with Crippen molar-refractivity contribution < 1.29 is 13.5 Å². The lowest BCUT2D eigenvalue weighted by atomic mass is 9.89. The van der Waals surface area contributed by atoms with Crippen molar-refractivity contribution in [3.63, 3.8) is 0 Å². The predicted octanol–water partition coefficient (Wildman–Crippen LogP) is 4.68. The van der Waals surface area contributed by atoms with E-state index in [9.17, 15) is 8.78 Å². The van der Waals surface area contributed by atoms with E-state index < -0.39 is 6.43 Å². The third-order valence-electron chi connectivity index (χ3n) is 5.08. The molecule has 2 bridgehead atoms. The molecule has 2 aromatic rings. The smallest absolute Gasteiger partial charge is 0.263 e. The Bertz CT molecular complexity index is 742. The number of morpholine rings is 1. The maximum Gasteiger partial charge on any atom is 0.263 e. The summed E-state index contributed by atoms with van der Waals surface area (Å²) in [6, 6.07) is 17.7.